The van der Waals surface area contributed by atoms with E-state index in [1.807, 2.05) is 0 Å². The van der Waals surface area contributed by atoms with Crippen LogP contribution in [-0.2, 0) is 9.53 Å². The number of carbonyl (C=O) groups excluding carboxylic acids is 1. The first-order chi connectivity index (χ1) is 5.75. The predicted octanol–water partition coefficient (Wildman–Crippen LogP) is -0.0363. The van der Waals surface area contributed by atoms with Crippen molar-refractivity contribution < 1.29 is 14.6 Å². The van der Waals surface area contributed by atoms with Crippen LogP contribution in [-0.4, -0.2) is 42.4 Å². The molecule has 1 rings (SSSR count). The number of rotatable bonds is 2. The summed E-state index contributed by atoms with van der Waals surface area (Å²) in [7, 11) is 1.29. The van der Waals surface area contributed by atoms with E-state index in [2.05, 4.69) is 4.74 Å². The van der Waals surface area contributed by atoms with Gasteiger partial charge in [0.1, 0.15) is 0 Å². The quantitative estimate of drug-likeness (QED) is 0.595. The number of hydrogen-bond acceptors (Lipinski definition) is 4. The zero-order valence-corrected chi connectivity index (χ0v) is 7.32. The Morgan fingerprint density at radius 2 is 2.00 bits per heavy atom. The number of esters is 1. The number of piperidine rings is 1. The number of carbonyl (C=O) groups is 1. The summed E-state index contributed by atoms with van der Waals surface area (Å²) in [6.07, 6.45) is 2.22. The van der Waals surface area contributed by atoms with Crippen molar-refractivity contribution >= 4 is 5.97 Å². The first kappa shape index (κ1) is 9.48. The molecule has 0 spiro atoms. The Kier molecular flexibility index (Phi) is 3.49. The molecular weight excluding hydrogens is 158 g/mol. The highest BCUT2D eigenvalue weighted by Gasteiger charge is 2.24. The Balaban J connectivity index is 2.39. The van der Waals surface area contributed by atoms with Gasteiger partial charge in [0.2, 0.25) is 6.23 Å². The van der Waals surface area contributed by atoms with E-state index in [1.54, 1.807) is 4.90 Å². The van der Waals surface area contributed by atoms with Crippen LogP contribution in [0.2, 0.25) is 0 Å². The second-order valence-corrected chi connectivity index (χ2v) is 2.99. The zero-order valence-electron chi connectivity index (χ0n) is 7.32. The Morgan fingerprint density at radius 3 is 2.50 bits per heavy atom. The van der Waals surface area contributed by atoms with Gasteiger partial charge in [0, 0.05) is 13.1 Å². The summed E-state index contributed by atoms with van der Waals surface area (Å²) in [4.78, 5) is 12.6. The molecule has 0 bridgehead atoms. The highest BCUT2D eigenvalue weighted by molar-refractivity contribution is 5.73. The first-order valence-corrected chi connectivity index (χ1v) is 4.25. The smallest absolute Gasteiger partial charge is 0.350 e. The molecule has 1 heterocycles. The molecule has 1 atom stereocenters. The summed E-state index contributed by atoms with van der Waals surface area (Å²) in [5.41, 5.74) is 0. The molecule has 1 fully saturated rings. The summed E-state index contributed by atoms with van der Waals surface area (Å²) < 4.78 is 4.43. The number of aliphatic hydroxyl groups excluding tert-OH is 1. The van der Waals surface area contributed by atoms with Crippen molar-refractivity contribution in [3.05, 3.63) is 0 Å². The third-order valence-corrected chi connectivity index (χ3v) is 2.15. The maximum Gasteiger partial charge on any atom is 0.350 e. The summed E-state index contributed by atoms with van der Waals surface area (Å²) in [6.45, 7) is 1.58. The van der Waals surface area contributed by atoms with Gasteiger partial charge >= 0.3 is 5.97 Å². The number of likely N-dealkylation sites (tertiary alicyclic amines) is 1. The van der Waals surface area contributed by atoms with Crippen LogP contribution in [0.4, 0.5) is 0 Å². The fourth-order valence-electron chi connectivity index (χ4n) is 1.42. The second kappa shape index (κ2) is 4.42. The molecule has 0 radical (unpaired) electrons. The van der Waals surface area contributed by atoms with E-state index in [0.29, 0.717) is 0 Å². The average molecular weight is 173 g/mol. The summed E-state index contributed by atoms with van der Waals surface area (Å²) in [6, 6.07) is 0. The highest BCUT2D eigenvalue weighted by Crippen LogP contribution is 2.11. The van der Waals surface area contributed by atoms with Crippen LogP contribution in [0.5, 0.6) is 0 Å². The largest absolute Gasteiger partial charge is 0.466 e. The molecule has 1 N–H and O–H groups in total. The van der Waals surface area contributed by atoms with Crippen molar-refractivity contribution in [1.29, 1.82) is 0 Å². The zero-order chi connectivity index (χ0) is 8.97. The number of hydrogen-bond donors (Lipinski definition) is 1. The van der Waals surface area contributed by atoms with E-state index < -0.39 is 12.2 Å². The number of aliphatic hydroxyl groups is 1. The van der Waals surface area contributed by atoms with E-state index in [-0.39, 0.29) is 0 Å². The molecule has 12 heavy (non-hydrogen) atoms. The second-order valence-electron chi connectivity index (χ2n) is 2.99. The Bertz CT molecular complexity index is 154. The van der Waals surface area contributed by atoms with E-state index in [1.165, 1.54) is 13.5 Å². The molecule has 4 nitrogen and oxygen atoms in total. The fraction of sp³-hybridized carbons (Fsp3) is 0.875. The van der Waals surface area contributed by atoms with Gasteiger partial charge in [0.15, 0.2) is 0 Å². The van der Waals surface area contributed by atoms with Gasteiger partial charge in [-0.1, -0.05) is 6.42 Å². The van der Waals surface area contributed by atoms with Gasteiger partial charge in [-0.15, -0.1) is 0 Å². The van der Waals surface area contributed by atoms with Crippen molar-refractivity contribution in [3.63, 3.8) is 0 Å². The number of nitrogens with zero attached hydrogens (tertiary/aromatic N) is 1. The first-order valence-electron chi connectivity index (χ1n) is 4.25. The van der Waals surface area contributed by atoms with Crippen LogP contribution in [0.3, 0.4) is 0 Å². The van der Waals surface area contributed by atoms with Crippen molar-refractivity contribution in [2.75, 3.05) is 20.2 Å². The monoisotopic (exact) mass is 173 g/mol. The maximum atomic E-state index is 10.9. The minimum absolute atomic E-state index is 0.558. The lowest BCUT2D eigenvalue weighted by Crippen LogP contribution is -2.44. The van der Waals surface area contributed by atoms with Crippen molar-refractivity contribution in [1.82, 2.24) is 4.90 Å². The Morgan fingerprint density at radius 1 is 1.42 bits per heavy atom. The van der Waals surface area contributed by atoms with Gasteiger partial charge < -0.3 is 9.84 Å². The van der Waals surface area contributed by atoms with Crippen LogP contribution in [0.1, 0.15) is 19.3 Å². The lowest BCUT2D eigenvalue weighted by atomic mass is 10.1. The van der Waals surface area contributed by atoms with Gasteiger partial charge in [0.05, 0.1) is 7.11 Å². The van der Waals surface area contributed by atoms with Crippen LogP contribution in [0.25, 0.3) is 0 Å². The molecule has 0 saturated carbocycles. The lowest BCUT2D eigenvalue weighted by Gasteiger charge is -2.29. The van der Waals surface area contributed by atoms with Gasteiger partial charge in [0.25, 0.3) is 0 Å². The minimum Gasteiger partial charge on any atom is -0.466 e. The number of methoxy groups -OCH3 is 1. The molecular formula is C8H15NO3. The third kappa shape index (κ3) is 2.19. The van der Waals surface area contributed by atoms with Gasteiger partial charge in [-0.2, -0.15) is 0 Å². The number of ether oxygens (including phenoxy) is 1. The van der Waals surface area contributed by atoms with Crippen LogP contribution < -0.4 is 0 Å². The molecule has 70 valence electrons. The SMILES string of the molecule is COC(=O)C(O)N1CCCCC1. The maximum absolute atomic E-state index is 10.9. The standard InChI is InChI=1S/C8H15NO3/c1-12-8(11)7(10)9-5-3-2-4-6-9/h7,10H,2-6H2,1H3. The normalized spacial score (nSPS) is 21.8. The highest BCUT2D eigenvalue weighted by atomic mass is 16.5. The predicted molar refractivity (Wildman–Crippen MR) is 43.4 cm³/mol. The average Bonchev–Trinajstić information content (AvgIpc) is 2.17. The van der Waals surface area contributed by atoms with Crippen LogP contribution in [0.15, 0.2) is 0 Å². The van der Waals surface area contributed by atoms with Gasteiger partial charge in [-0.3, -0.25) is 4.90 Å². The Hall–Kier alpha value is -0.610. The van der Waals surface area contributed by atoms with E-state index in [4.69, 9.17) is 0 Å². The fourth-order valence-corrected chi connectivity index (χ4v) is 1.42. The molecule has 4 heteroatoms. The Labute approximate surface area is 72.1 Å². The summed E-state index contributed by atoms with van der Waals surface area (Å²) in [5, 5.41) is 9.39. The topological polar surface area (TPSA) is 49.8 Å². The molecule has 1 unspecified atom stereocenters. The van der Waals surface area contributed by atoms with Crippen molar-refractivity contribution in [2.45, 2.75) is 25.5 Å². The molecule has 0 amide bonds. The lowest BCUT2D eigenvalue weighted by molar-refractivity contribution is -0.162. The van der Waals surface area contributed by atoms with Crippen molar-refractivity contribution in [2.24, 2.45) is 0 Å². The molecule has 0 aromatic carbocycles. The van der Waals surface area contributed by atoms with Gasteiger partial charge in [-0.05, 0) is 12.8 Å². The molecule has 0 aromatic rings. The minimum atomic E-state index is -1.06. The van der Waals surface area contributed by atoms with Crippen LogP contribution in [0, 0.1) is 0 Å². The summed E-state index contributed by atoms with van der Waals surface area (Å²) in [5.74, 6) is -0.558. The van der Waals surface area contributed by atoms with E-state index >= 15 is 0 Å². The van der Waals surface area contributed by atoms with E-state index in [0.717, 1.165) is 25.9 Å². The summed E-state index contributed by atoms with van der Waals surface area (Å²) >= 11 is 0. The van der Waals surface area contributed by atoms with Gasteiger partial charge in [-0.25, -0.2) is 4.79 Å². The molecule has 1 saturated heterocycles. The molecule has 1 aliphatic rings. The van der Waals surface area contributed by atoms with Crippen molar-refractivity contribution in [3.8, 4) is 0 Å². The third-order valence-electron chi connectivity index (χ3n) is 2.15. The molecule has 0 aliphatic carbocycles. The molecule has 1 aliphatic heterocycles. The van der Waals surface area contributed by atoms with E-state index in [9.17, 15) is 9.90 Å². The molecule has 0 aromatic heterocycles. The van der Waals surface area contributed by atoms with Crippen LogP contribution >= 0.6 is 0 Å².